The molecule has 0 aliphatic carbocycles. The lowest BCUT2D eigenvalue weighted by molar-refractivity contribution is -0.137. The zero-order valence-corrected chi connectivity index (χ0v) is 15.9. The molecule has 0 spiro atoms. The second-order valence-electron chi connectivity index (χ2n) is 6.74. The smallest absolute Gasteiger partial charge is 0.383 e. The highest BCUT2D eigenvalue weighted by Crippen LogP contribution is 2.30. The van der Waals surface area contributed by atoms with Crippen LogP contribution in [0.5, 0.6) is 0 Å². The summed E-state index contributed by atoms with van der Waals surface area (Å²) in [6, 6.07) is 4.87. The van der Waals surface area contributed by atoms with Crippen LogP contribution in [-0.2, 0) is 10.9 Å². The Balaban J connectivity index is 2.34. The van der Waals surface area contributed by atoms with Crippen molar-refractivity contribution in [2.75, 3.05) is 26.8 Å². The van der Waals surface area contributed by atoms with Crippen LogP contribution >= 0.6 is 0 Å². The number of methoxy groups -OCH3 is 1. The first kappa shape index (κ1) is 21.0. The van der Waals surface area contributed by atoms with E-state index in [4.69, 9.17) is 4.74 Å². The minimum absolute atomic E-state index is 0.212. The predicted octanol–water partition coefficient (Wildman–Crippen LogP) is 3.94. The third-order valence-corrected chi connectivity index (χ3v) is 4.10. The number of alkyl halides is 3. The molecular weight excluding hydrogens is 359 g/mol. The first-order chi connectivity index (χ1) is 12.6. The quantitative estimate of drug-likeness (QED) is 0.728. The first-order valence-electron chi connectivity index (χ1n) is 8.65. The number of halogens is 3. The molecule has 0 saturated heterocycles. The Labute approximate surface area is 156 Å². The van der Waals surface area contributed by atoms with Crippen LogP contribution in [-0.4, -0.2) is 47.4 Å². The van der Waals surface area contributed by atoms with Crippen molar-refractivity contribution in [1.82, 2.24) is 14.7 Å². The highest BCUT2D eigenvalue weighted by Gasteiger charge is 2.31. The molecule has 0 saturated carbocycles. The summed E-state index contributed by atoms with van der Waals surface area (Å²) in [6.07, 6.45) is -3.04. The standard InChI is InChI=1S/C19H24F3N3O2/c1-13(2)12-24(8-9-27-4)18(26)17-11-23-25(14(17)3)16-7-5-6-15(10-16)19(20,21)22/h5-7,10-11,13H,8-9,12H2,1-4H3. The lowest BCUT2D eigenvalue weighted by Gasteiger charge is -2.24. The number of aromatic nitrogens is 2. The van der Waals surface area contributed by atoms with Gasteiger partial charge in [0.25, 0.3) is 5.91 Å². The van der Waals surface area contributed by atoms with E-state index in [9.17, 15) is 18.0 Å². The summed E-state index contributed by atoms with van der Waals surface area (Å²) in [7, 11) is 1.56. The number of hydrogen-bond donors (Lipinski definition) is 0. The van der Waals surface area contributed by atoms with E-state index in [-0.39, 0.29) is 17.5 Å². The highest BCUT2D eigenvalue weighted by molar-refractivity contribution is 5.95. The molecule has 1 aromatic carbocycles. The Morgan fingerprint density at radius 2 is 2.04 bits per heavy atom. The second-order valence-corrected chi connectivity index (χ2v) is 6.74. The van der Waals surface area contributed by atoms with Crippen molar-refractivity contribution < 1.29 is 22.7 Å². The van der Waals surface area contributed by atoms with Crippen molar-refractivity contribution in [2.45, 2.75) is 26.9 Å². The van der Waals surface area contributed by atoms with Crippen molar-refractivity contribution in [3.8, 4) is 5.69 Å². The first-order valence-corrected chi connectivity index (χ1v) is 8.65. The van der Waals surface area contributed by atoms with Crippen molar-refractivity contribution in [1.29, 1.82) is 0 Å². The van der Waals surface area contributed by atoms with Gasteiger partial charge in [0.1, 0.15) is 0 Å². The van der Waals surface area contributed by atoms with Crippen molar-refractivity contribution in [3.05, 3.63) is 47.3 Å². The number of nitrogens with zero attached hydrogens (tertiary/aromatic N) is 3. The van der Waals surface area contributed by atoms with Crippen LogP contribution in [0.2, 0.25) is 0 Å². The number of hydrogen-bond acceptors (Lipinski definition) is 3. The van der Waals surface area contributed by atoms with Crippen molar-refractivity contribution >= 4 is 5.91 Å². The summed E-state index contributed by atoms with van der Waals surface area (Å²) >= 11 is 0. The molecule has 0 aliphatic rings. The van der Waals surface area contributed by atoms with Crippen molar-refractivity contribution in [2.24, 2.45) is 5.92 Å². The summed E-state index contributed by atoms with van der Waals surface area (Å²) in [4.78, 5) is 14.6. The summed E-state index contributed by atoms with van der Waals surface area (Å²) in [5.74, 6) is 0.0566. The van der Waals surface area contributed by atoms with Gasteiger partial charge in [0.05, 0.1) is 35.3 Å². The number of carbonyl (C=O) groups is 1. The van der Waals surface area contributed by atoms with E-state index >= 15 is 0 Å². The van der Waals surface area contributed by atoms with Crippen LogP contribution in [0.15, 0.2) is 30.5 Å². The molecule has 2 rings (SSSR count). The monoisotopic (exact) mass is 383 g/mol. The van der Waals surface area contributed by atoms with E-state index in [1.165, 1.54) is 23.0 Å². The van der Waals surface area contributed by atoms with Crippen LogP contribution in [0.1, 0.15) is 35.5 Å². The molecule has 2 aromatic rings. The van der Waals surface area contributed by atoms with Gasteiger partial charge in [-0.05, 0) is 31.0 Å². The summed E-state index contributed by atoms with van der Waals surface area (Å²) in [5, 5.41) is 4.14. The maximum Gasteiger partial charge on any atom is 0.416 e. The number of amides is 1. The van der Waals surface area contributed by atoms with E-state index < -0.39 is 11.7 Å². The van der Waals surface area contributed by atoms with E-state index in [0.29, 0.717) is 31.0 Å². The molecule has 0 unspecified atom stereocenters. The Kier molecular flexibility index (Phi) is 6.64. The largest absolute Gasteiger partial charge is 0.416 e. The molecule has 0 aliphatic heterocycles. The molecule has 0 N–H and O–H groups in total. The molecule has 5 nitrogen and oxygen atoms in total. The number of ether oxygens (including phenoxy) is 1. The number of benzene rings is 1. The zero-order chi connectivity index (χ0) is 20.2. The Bertz CT molecular complexity index is 785. The van der Waals surface area contributed by atoms with Crippen LogP contribution < -0.4 is 0 Å². The van der Waals surface area contributed by atoms with Gasteiger partial charge in [-0.3, -0.25) is 4.79 Å². The fraction of sp³-hybridized carbons (Fsp3) is 0.474. The third kappa shape index (κ3) is 5.09. The SMILES string of the molecule is COCCN(CC(C)C)C(=O)c1cnn(-c2cccc(C(F)(F)F)c2)c1C. The van der Waals surface area contributed by atoms with Gasteiger partial charge >= 0.3 is 6.18 Å². The molecule has 0 fully saturated rings. The number of rotatable bonds is 7. The minimum Gasteiger partial charge on any atom is -0.383 e. The van der Waals surface area contributed by atoms with Gasteiger partial charge in [0.2, 0.25) is 0 Å². The molecule has 1 amide bonds. The average Bonchev–Trinajstić information content (AvgIpc) is 2.98. The lowest BCUT2D eigenvalue weighted by atomic mass is 10.1. The maximum absolute atomic E-state index is 13.0. The van der Waals surface area contributed by atoms with Gasteiger partial charge in [0, 0.05) is 20.2 Å². The van der Waals surface area contributed by atoms with Crippen molar-refractivity contribution in [3.63, 3.8) is 0 Å². The second kappa shape index (κ2) is 8.56. The molecule has 0 bridgehead atoms. The normalized spacial score (nSPS) is 11.9. The van der Waals surface area contributed by atoms with Gasteiger partial charge < -0.3 is 9.64 Å². The maximum atomic E-state index is 13.0. The Hall–Kier alpha value is -2.35. The molecule has 0 atom stereocenters. The summed E-state index contributed by atoms with van der Waals surface area (Å²) in [5.41, 5.74) is 0.354. The molecular formula is C19H24F3N3O2. The molecule has 148 valence electrons. The molecule has 1 aromatic heterocycles. The average molecular weight is 383 g/mol. The predicted molar refractivity (Wildman–Crippen MR) is 95.9 cm³/mol. The summed E-state index contributed by atoms with van der Waals surface area (Å²) < 4.78 is 45.3. The van der Waals surface area contributed by atoms with Gasteiger partial charge in [0.15, 0.2) is 0 Å². The Morgan fingerprint density at radius 3 is 2.63 bits per heavy atom. The van der Waals surface area contributed by atoms with Gasteiger partial charge in [-0.15, -0.1) is 0 Å². The lowest BCUT2D eigenvalue weighted by Crippen LogP contribution is -2.37. The van der Waals surface area contributed by atoms with Crippen LogP contribution in [0.3, 0.4) is 0 Å². The molecule has 27 heavy (non-hydrogen) atoms. The van der Waals surface area contributed by atoms with E-state index in [2.05, 4.69) is 5.10 Å². The van der Waals surface area contributed by atoms with Gasteiger partial charge in [-0.2, -0.15) is 18.3 Å². The van der Waals surface area contributed by atoms with E-state index in [1.54, 1.807) is 18.9 Å². The minimum atomic E-state index is -4.44. The topological polar surface area (TPSA) is 47.4 Å². The molecule has 8 heteroatoms. The zero-order valence-electron chi connectivity index (χ0n) is 15.9. The molecule has 0 radical (unpaired) electrons. The van der Waals surface area contributed by atoms with Gasteiger partial charge in [-0.1, -0.05) is 19.9 Å². The third-order valence-electron chi connectivity index (χ3n) is 4.10. The van der Waals surface area contributed by atoms with Crippen LogP contribution in [0.25, 0.3) is 5.69 Å². The molecule has 1 heterocycles. The fourth-order valence-electron chi connectivity index (χ4n) is 2.78. The summed E-state index contributed by atoms with van der Waals surface area (Å²) in [6.45, 7) is 7.07. The van der Waals surface area contributed by atoms with E-state index in [0.717, 1.165) is 12.1 Å². The van der Waals surface area contributed by atoms with Gasteiger partial charge in [-0.25, -0.2) is 4.68 Å². The highest BCUT2D eigenvalue weighted by atomic mass is 19.4. The van der Waals surface area contributed by atoms with Crippen LogP contribution in [0.4, 0.5) is 13.2 Å². The number of carbonyl (C=O) groups excluding carboxylic acids is 1. The van der Waals surface area contributed by atoms with Crippen LogP contribution in [0, 0.1) is 12.8 Å². The Morgan fingerprint density at radius 1 is 1.33 bits per heavy atom. The van der Waals surface area contributed by atoms with E-state index in [1.807, 2.05) is 13.8 Å². The fourth-order valence-corrected chi connectivity index (χ4v) is 2.78.